The molecule has 3 aromatic carbocycles. The maximum Gasteiger partial charge on any atom is -0.0635 e. The molecule has 4 rings (SSSR count). The molecule has 0 aliphatic heterocycles. The average Bonchev–Trinajstić information content (AvgIpc) is 2.76. The Morgan fingerprint density at radius 2 is 1.69 bits per heavy atom. The van der Waals surface area contributed by atoms with Crippen LogP contribution < -0.4 is 0 Å². The quantitative estimate of drug-likeness (QED) is 0.359. The Kier molecular flexibility index (Phi) is 7.44. The number of fused-ring (bicyclic) bond motifs is 1. The average molecular weight is 494 g/mol. The molecule has 0 fully saturated rings. The van der Waals surface area contributed by atoms with Gasteiger partial charge in [0.1, 0.15) is 0 Å². The summed E-state index contributed by atoms with van der Waals surface area (Å²) in [5.41, 5.74) is 6.16. The van der Waals surface area contributed by atoms with Crippen LogP contribution in [0.25, 0.3) is 5.57 Å². The second kappa shape index (κ2) is 10.0. The van der Waals surface area contributed by atoms with Crippen LogP contribution >= 0.6 is 0 Å². The first-order valence-electron chi connectivity index (χ1n) is 9.29. The van der Waals surface area contributed by atoms with Crippen molar-refractivity contribution < 1.29 is 27.4 Å². The summed E-state index contributed by atoms with van der Waals surface area (Å²) in [6.07, 6.45) is 7.03. The molecule has 0 unspecified atom stereocenters. The second-order valence-electron chi connectivity index (χ2n) is 6.74. The number of nitrogens with zero attached hydrogens (tertiary/aromatic N) is 1. The normalized spacial score (nSPS) is 14.5. The summed E-state index contributed by atoms with van der Waals surface area (Å²) < 4.78 is 25.4. The molecular weight excluding hydrogens is 473 g/mol. The predicted molar refractivity (Wildman–Crippen MR) is 111 cm³/mol. The van der Waals surface area contributed by atoms with E-state index in [1.165, 1.54) is 41.7 Å². The van der Waals surface area contributed by atoms with E-state index in [1.54, 1.807) is 12.1 Å². The predicted octanol–water partition coefficient (Wildman–Crippen LogP) is 5.47. The molecule has 3 aromatic rings. The number of hydrogen-bond acceptors (Lipinski definition) is 2. The van der Waals surface area contributed by atoms with Crippen LogP contribution in [0.2, 0.25) is 0 Å². The molecule has 0 saturated carbocycles. The SMILES string of the molecule is Cc1ccc(S(=O)(=O)[N]=[Pd])cc1.[C-](=C1CCCc2ccc[c-]c21)c1ccccc1. The van der Waals surface area contributed by atoms with Gasteiger partial charge < -0.3 is 0 Å². The van der Waals surface area contributed by atoms with E-state index in [9.17, 15) is 8.42 Å². The Bertz CT molecular complexity index is 1110. The molecule has 0 atom stereocenters. The van der Waals surface area contributed by atoms with E-state index in [2.05, 4.69) is 70.5 Å². The van der Waals surface area contributed by atoms with Crippen molar-refractivity contribution in [1.82, 2.24) is 0 Å². The van der Waals surface area contributed by atoms with Gasteiger partial charge in [-0.2, -0.15) is 35.4 Å². The van der Waals surface area contributed by atoms with Gasteiger partial charge in [-0.15, -0.1) is 30.3 Å². The summed E-state index contributed by atoms with van der Waals surface area (Å²) >= 11 is 2.31. The molecule has 0 saturated heterocycles. The minimum atomic E-state index is -3.46. The topological polar surface area (TPSA) is 46.5 Å². The molecule has 0 heterocycles. The summed E-state index contributed by atoms with van der Waals surface area (Å²) in [4.78, 5) is 0.208. The first kappa shape index (κ1) is 21.5. The van der Waals surface area contributed by atoms with Crippen LogP contribution in [-0.2, 0) is 35.5 Å². The molecule has 29 heavy (non-hydrogen) atoms. The number of hydrogen-bond donors (Lipinski definition) is 0. The van der Waals surface area contributed by atoms with Gasteiger partial charge in [-0.05, 0) is 0 Å². The van der Waals surface area contributed by atoms with Crippen molar-refractivity contribution in [2.45, 2.75) is 31.1 Å². The second-order valence-corrected chi connectivity index (χ2v) is 9.13. The Labute approximate surface area is 183 Å². The van der Waals surface area contributed by atoms with Gasteiger partial charge in [0.05, 0.1) is 0 Å². The molecule has 3 nitrogen and oxygen atoms in total. The van der Waals surface area contributed by atoms with Crippen molar-refractivity contribution in [2.24, 2.45) is 2.98 Å². The molecule has 0 bridgehead atoms. The van der Waals surface area contributed by atoms with E-state index < -0.39 is 10.0 Å². The molecule has 0 spiro atoms. The van der Waals surface area contributed by atoms with Crippen molar-refractivity contribution in [1.29, 1.82) is 0 Å². The van der Waals surface area contributed by atoms with Crippen LogP contribution in [0.1, 0.15) is 35.1 Å². The van der Waals surface area contributed by atoms with Gasteiger partial charge in [0.15, 0.2) is 0 Å². The first-order valence-corrected chi connectivity index (χ1v) is 11.4. The fourth-order valence-electron chi connectivity index (χ4n) is 3.11. The number of benzene rings is 3. The minimum Gasteiger partial charge on any atom is -0.218 e. The molecule has 0 radical (unpaired) electrons. The minimum absolute atomic E-state index is 0.208. The molecule has 1 aliphatic rings. The maximum atomic E-state index is 11.1. The van der Waals surface area contributed by atoms with E-state index >= 15 is 0 Å². The van der Waals surface area contributed by atoms with Gasteiger partial charge in [0, 0.05) is 0 Å². The fraction of sp³-hybridized carbons (Fsp3) is 0.167. The number of rotatable bonds is 3. The van der Waals surface area contributed by atoms with Crippen LogP contribution in [0.15, 0.2) is 80.7 Å². The third kappa shape index (κ3) is 5.90. The van der Waals surface area contributed by atoms with Crippen molar-refractivity contribution in [3.8, 4) is 0 Å². The number of allylic oxidation sites excluding steroid dienone is 1. The van der Waals surface area contributed by atoms with Gasteiger partial charge in [-0.25, -0.2) is 11.1 Å². The van der Waals surface area contributed by atoms with Crippen LogP contribution in [-0.4, -0.2) is 8.42 Å². The van der Waals surface area contributed by atoms with Crippen molar-refractivity contribution in [2.75, 3.05) is 0 Å². The number of aryl methyl sites for hydroxylation is 2. The van der Waals surface area contributed by atoms with Crippen molar-refractivity contribution in [3.05, 3.63) is 107 Å². The van der Waals surface area contributed by atoms with Crippen LogP contribution in [0, 0.1) is 19.1 Å². The van der Waals surface area contributed by atoms with Gasteiger partial charge in [0.25, 0.3) is 0 Å². The Morgan fingerprint density at radius 3 is 2.38 bits per heavy atom. The monoisotopic (exact) mass is 493 g/mol. The van der Waals surface area contributed by atoms with Gasteiger partial charge >= 0.3 is 82.1 Å². The smallest absolute Gasteiger partial charge is 0.0635 e. The summed E-state index contributed by atoms with van der Waals surface area (Å²) in [5, 5.41) is 0. The van der Waals surface area contributed by atoms with Crippen LogP contribution in [0.5, 0.6) is 0 Å². The molecule has 0 aromatic heterocycles. The van der Waals surface area contributed by atoms with E-state index in [-0.39, 0.29) is 4.90 Å². The van der Waals surface area contributed by atoms with E-state index in [4.69, 9.17) is 0 Å². The Balaban J connectivity index is 0.000000177. The molecule has 1 aliphatic carbocycles. The van der Waals surface area contributed by atoms with E-state index in [1.807, 2.05) is 19.1 Å². The van der Waals surface area contributed by atoms with Crippen LogP contribution in [0.3, 0.4) is 0 Å². The summed E-state index contributed by atoms with van der Waals surface area (Å²) in [6, 6.07) is 26.5. The largest absolute Gasteiger partial charge is 0.218 e. The van der Waals surface area contributed by atoms with Crippen molar-refractivity contribution >= 4 is 15.6 Å². The van der Waals surface area contributed by atoms with Gasteiger partial charge in [-0.1, -0.05) is 25.3 Å². The Morgan fingerprint density at radius 1 is 0.966 bits per heavy atom. The summed E-state index contributed by atoms with van der Waals surface area (Å²) in [7, 11) is -3.46. The van der Waals surface area contributed by atoms with E-state index in [0.29, 0.717) is 0 Å². The molecule has 152 valence electrons. The zero-order chi connectivity index (χ0) is 20.7. The van der Waals surface area contributed by atoms with Gasteiger partial charge in [-0.3, -0.25) is 0 Å². The van der Waals surface area contributed by atoms with E-state index in [0.717, 1.165) is 17.5 Å². The standard InChI is InChI=1S/C17H14.C7H7NO2S.Pd/c1-2-7-14(8-3-1)13-16-11-6-10-15-9-4-5-12-17(15)16;1-6-2-4-7(5-3-6)11(8,9)10;/h1-5,7-9H,6,10-11H2;2-5H,1H3;/q-2;;. The molecule has 0 amide bonds. The van der Waals surface area contributed by atoms with Crippen LogP contribution in [0.4, 0.5) is 0 Å². The maximum absolute atomic E-state index is 11.1. The molecular formula is C24H21NO2PdS-2. The summed E-state index contributed by atoms with van der Waals surface area (Å²) in [5.74, 6) is 0. The fourth-order valence-corrected chi connectivity index (χ4v) is 4.14. The third-order valence-corrected chi connectivity index (χ3v) is 6.72. The zero-order valence-corrected chi connectivity index (χ0v) is 18.4. The number of sulfonamides is 1. The third-order valence-electron chi connectivity index (χ3n) is 4.58. The summed E-state index contributed by atoms with van der Waals surface area (Å²) in [6.45, 7) is 1.89. The first-order chi connectivity index (χ1) is 14.0. The molecule has 5 heteroatoms. The Hall–Kier alpha value is -2.19. The zero-order valence-electron chi connectivity index (χ0n) is 16.0. The van der Waals surface area contributed by atoms with Gasteiger partial charge in [0.2, 0.25) is 0 Å². The molecule has 0 N–H and O–H groups in total. The van der Waals surface area contributed by atoms with Crippen molar-refractivity contribution in [3.63, 3.8) is 0 Å².